The van der Waals surface area contributed by atoms with E-state index in [-0.39, 0.29) is 18.1 Å². The van der Waals surface area contributed by atoms with Crippen LogP contribution in [0.2, 0.25) is 0 Å². The third kappa shape index (κ3) is 3.35. The minimum Gasteiger partial charge on any atom is -0.465 e. The van der Waals surface area contributed by atoms with Crippen molar-refractivity contribution in [2.75, 3.05) is 14.2 Å². The molecule has 0 radical (unpaired) electrons. The topological polar surface area (TPSA) is 59.4 Å². The maximum atomic E-state index is 11.8. The van der Waals surface area contributed by atoms with Crippen molar-refractivity contribution < 1.29 is 9.53 Å². The van der Waals surface area contributed by atoms with E-state index in [0.717, 1.165) is 22.8 Å². The van der Waals surface area contributed by atoms with Gasteiger partial charge in [-0.2, -0.15) is 0 Å². The lowest BCUT2D eigenvalue weighted by Gasteiger charge is -2.24. The van der Waals surface area contributed by atoms with Gasteiger partial charge in [0.2, 0.25) is 0 Å². The van der Waals surface area contributed by atoms with E-state index in [1.54, 1.807) is 12.1 Å². The molecular weight excluding hydrogens is 396 g/mol. The van der Waals surface area contributed by atoms with E-state index < -0.39 is 0 Å². The number of rotatable bonds is 4. The van der Waals surface area contributed by atoms with Crippen molar-refractivity contribution in [3.8, 4) is 5.69 Å². The van der Waals surface area contributed by atoms with E-state index in [9.17, 15) is 4.79 Å². The molecule has 0 unspecified atom stereocenters. The Kier molecular flexibility index (Phi) is 5.30. The number of nitrogens with zero attached hydrogens (tertiary/aromatic N) is 3. The number of methoxy groups -OCH3 is 1. The zero-order valence-electron chi connectivity index (χ0n) is 17.4. The molecule has 0 bridgehead atoms. The summed E-state index contributed by atoms with van der Waals surface area (Å²) in [5.41, 5.74) is 5.91. The largest absolute Gasteiger partial charge is 0.465 e. The first-order chi connectivity index (χ1) is 14.4. The Morgan fingerprint density at radius 2 is 1.90 bits per heavy atom. The molecule has 3 aromatic rings. The lowest BCUT2D eigenvalue weighted by atomic mass is 9.97. The number of hydrogen-bond acceptors (Lipinski definition) is 4. The van der Waals surface area contributed by atoms with Gasteiger partial charge in [0.05, 0.1) is 30.5 Å². The number of nitrogens with one attached hydrogen (secondary N) is 1. The van der Waals surface area contributed by atoms with Gasteiger partial charge < -0.3 is 19.5 Å². The monoisotopic (exact) mass is 420 g/mol. The number of benzene rings is 1. The van der Waals surface area contributed by atoms with E-state index in [1.165, 1.54) is 12.7 Å². The highest BCUT2D eigenvalue weighted by atomic mass is 32.1. The molecule has 0 spiro atoms. The maximum absolute atomic E-state index is 11.8. The predicted octanol–water partition coefficient (Wildman–Crippen LogP) is 3.88. The molecule has 1 aliphatic heterocycles. The maximum Gasteiger partial charge on any atom is 0.337 e. The molecule has 0 aliphatic carbocycles. The third-order valence-corrected chi connectivity index (χ3v) is 6.08. The fourth-order valence-corrected chi connectivity index (χ4v) is 4.44. The summed E-state index contributed by atoms with van der Waals surface area (Å²) in [5.74, 6) is -0.339. The van der Waals surface area contributed by atoms with Crippen LogP contribution in [0.25, 0.3) is 5.69 Å². The molecule has 1 saturated heterocycles. The van der Waals surface area contributed by atoms with Crippen LogP contribution in [-0.4, -0.2) is 39.7 Å². The summed E-state index contributed by atoms with van der Waals surface area (Å²) in [6.07, 6.45) is 1.81. The van der Waals surface area contributed by atoms with Gasteiger partial charge in [-0.15, -0.1) is 0 Å². The first kappa shape index (κ1) is 20.1. The number of hydrogen-bond donors (Lipinski definition) is 1. The van der Waals surface area contributed by atoms with Gasteiger partial charge in [0.25, 0.3) is 0 Å². The number of pyridine rings is 1. The molecule has 1 aromatic carbocycles. The molecule has 2 aromatic heterocycles. The number of carbonyl (C=O) groups is 1. The van der Waals surface area contributed by atoms with Crippen LogP contribution in [0, 0.1) is 13.8 Å². The van der Waals surface area contributed by atoms with Gasteiger partial charge in [-0.05, 0) is 74.1 Å². The van der Waals surface area contributed by atoms with Gasteiger partial charge in [-0.25, -0.2) is 4.79 Å². The van der Waals surface area contributed by atoms with Gasteiger partial charge in [0.15, 0.2) is 5.11 Å². The summed E-state index contributed by atoms with van der Waals surface area (Å²) in [6.45, 7) is 4.20. The van der Waals surface area contributed by atoms with Crippen molar-refractivity contribution >= 4 is 23.3 Å². The number of thiocarbonyl (C=S) groups is 1. The summed E-state index contributed by atoms with van der Waals surface area (Å²) < 4.78 is 7.00. The second-order valence-electron chi connectivity index (χ2n) is 7.44. The van der Waals surface area contributed by atoms with E-state index in [4.69, 9.17) is 17.0 Å². The molecule has 1 aliphatic rings. The third-order valence-electron chi connectivity index (χ3n) is 5.67. The van der Waals surface area contributed by atoms with Crippen molar-refractivity contribution in [3.05, 3.63) is 82.9 Å². The number of esters is 1. The second-order valence-corrected chi connectivity index (χ2v) is 7.82. The normalized spacial score (nSPS) is 18.4. The van der Waals surface area contributed by atoms with Crippen LogP contribution in [-0.2, 0) is 4.74 Å². The quantitative estimate of drug-likeness (QED) is 0.511. The molecule has 3 heterocycles. The van der Waals surface area contributed by atoms with Gasteiger partial charge in [0, 0.05) is 30.3 Å². The average Bonchev–Trinajstić information content (AvgIpc) is 3.23. The van der Waals surface area contributed by atoms with Crippen LogP contribution < -0.4 is 5.32 Å². The summed E-state index contributed by atoms with van der Waals surface area (Å²) in [6, 6.07) is 15.6. The molecule has 1 fully saturated rings. The number of aromatic nitrogens is 2. The molecule has 0 saturated carbocycles. The highest BCUT2D eigenvalue weighted by Crippen LogP contribution is 2.40. The van der Waals surface area contributed by atoms with E-state index in [2.05, 4.69) is 39.7 Å². The summed E-state index contributed by atoms with van der Waals surface area (Å²) in [5, 5.41) is 4.14. The Hall–Kier alpha value is -3.19. The minimum absolute atomic E-state index is 0.0284. The Morgan fingerprint density at radius 3 is 2.53 bits per heavy atom. The fraction of sp³-hybridized carbons (Fsp3) is 0.261. The molecule has 154 valence electrons. The molecule has 0 amide bonds. The highest BCUT2D eigenvalue weighted by Gasteiger charge is 2.39. The number of carbonyl (C=O) groups excluding carboxylic acids is 1. The van der Waals surface area contributed by atoms with Gasteiger partial charge in [0.1, 0.15) is 0 Å². The minimum atomic E-state index is -0.339. The van der Waals surface area contributed by atoms with Crippen LogP contribution >= 0.6 is 12.2 Å². The SMILES string of the molecule is COC(=O)c1ccc(-n2c(C)cc([C@@H]3[C@@H](c4ccccn4)NC(=S)N3C)c2C)cc1. The van der Waals surface area contributed by atoms with E-state index >= 15 is 0 Å². The van der Waals surface area contributed by atoms with Crippen LogP contribution in [0.15, 0.2) is 54.7 Å². The van der Waals surface area contributed by atoms with Crippen LogP contribution in [0.5, 0.6) is 0 Å². The summed E-state index contributed by atoms with van der Waals surface area (Å²) in [4.78, 5) is 18.4. The smallest absolute Gasteiger partial charge is 0.337 e. The lowest BCUT2D eigenvalue weighted by Crippen LogP contribution is -2.25. The number of likely N-dealkylation sites (N-methyl/N-ethyl adjacent to an activating group) is 1. The Balaban J connectivity index is 1.75. The van der Waals surface area contributed by atoms with Gasteiger partial charge in [-0.1, -0.05) is 6.07 Å². The molecule has 4 rings (SSSR count). The Morgan fingerprint density at radius 1 is 1.17 bits per heavy atom. The Bertz CT molecular complexity index is 1090. The van der Waals surface area contributed by atoms with Crippen molar-refractivity contribution in [3.63, 3.8) is 0 Å². The zero-order chi connectivity index (χ0) is 21.4. The Labute approximate surface area is 181 Å². The van der Waals surface area contributed by atoms with Crippen molar-refractivity contribution in [2.24, 2.45) is 0 Å². The molecule has 2 atom stereocenters. The average molecular weight is 421 g/mol. The zero-order valence-corrected chi connectivity index (χ0v) is 18.2. The van der Waals surface area contributed by atoms with E-state index in [0.29, 0.717) is 10.7 Å². The molecule has 30 heavy (non-hydrogen) atoms. The number of aryl methyl sites for hydroxylation is 1. The predicted molar refractivity (Wildman–Crippen MR) is 120 cm³/mol. The number of ether oxygens (including phenoxy) is 1. The molecular formula is C23H24N4O2S. The first-order valence-corrected chi connectivity index (χ1v) is 10.1. The summed E-state index contributed by atoms with van der Waals surface area (Å²) in [7, 11) is 3.40. The van der Waals surface area contributed by atoms with Gasteiger partial charge in [-0.3, -0.25) is 4.98 Å². The van der Waals surface area contributed by atoms with Crippen molar-refractivity contribution in [1.29, 1.82) is 0 Å². The van der Waals surface area contributed by atoms with E-state index in [1.807, 2.05) is 43.6 Å². The summed E-state index contributed by atoms with van der Waals surface area (Å²) >= 11 is 5.56. The molecule has 7 heteroatoms. The standard InChI is InChI=1S/C23H24N4O2S/c1-14-13-18(15(2)27(14)17-10-8-16(9-11-17)22(28)29-4)21-20(25-23(30)26(21)3)19-7-5-6-12-24-19/h5-13,20-21H,1-4H3,(H,25,30)/t20-,21-/m1/s1. The molecule has 1 N–H and O–H groups in total. The fourth-order valence-electron chi connectivity index (χ4n) is 4.20. The lowest BCUT2D eigenvalue weighted by molar-refractivity contribution is 0.0600. The van der Waals surface area contributed by atoms with Gasteiger partial charge >= 0.3 is 5.97 Å². The van der Waals surface area contributed by atoms with Crippen LogP contribution in [0.4, 0.5) is 0 Å². The van der Waals surface area contributed by atoms with Crippen molar-refractivity contribution in [1.82, 2.24) is 19.8 Å². The highest BCUT2D eigenvalue weighted by molar-refractivity contribution is 7.80. The first-order valence-electron chi connectivity index (χ1n) is 9.74. The van der Waals surface area contributed by atoms with Crippen LogP contribution in [0.3, 0.4) is 0 Å². The molecule has 6 nitrogen and oxygen atoms in total. The van der Waals surface area contributed by atoms with Crippen LogP contribution in [0.1, 0.15) is 45.1 Å². The van der Waals surface area contributed by atoms with Crippen molar-refractivity contribution in [2.45, 2.75) is 25.9 Å². The second kappa shape index (κ2) is 7.91.